The fourth-order valence-electron chi connectivity index (χ4n) is 4.18. The van der Waals surface area contributed by atoms with Gasteiger partial charge >= 0.3 is 0 Å². The highest BCUT2D eigenvalue weighted by Crippen LogP contribution is 2.21. The number of nitrogens with zero attached hydrogens (tertiary/aromatic N) is 4. The molecule has 0 aliphatic carbocycles. The van der Waals surface area contributed by atoms with E-state index in [0.29, 0.717) is 18.7 Å². The molecule has 0 unspecified atom stereocenters. The molecule has 0 atom stereocenters. The zero-order chi connectivity index (χ0) is 23.9. The molecule has 3 aromatic rings. The minimum absolute atomic E-state index is 0.0533. The number of halogens is 1. The van der Waals surface area contributed by atoms with Gasteiger partial charge in [-0.1, -0.05) is 24.3 Å². The third-order valence-corrected chi connectivity index (χ3v) is 5.91. The van der Waals surface area contributed by atoms with Gasteiger partial charge in [-0.05, 0) is 48.5 Å². The molecule has 0 spiro atoms. The number of rotatable bonds is 8. The molecule has 1 aliphatic rings. The van der Waals surface area contributed by atoms with Crippen LogP contribution in [0.2, 0.25) is 0 Å². The van der Waals surface area contributed by atoms with Crippen LogP contribution < -0.4 is 4.74 Å². The second kappa shape index (κ2) is 11.1. The first-order valence-corrected chi connectivity index (χ1v) is 11.6. The lowest BCUT2D eigenvalue weighted by Crippen LogP contribution is -2.41. The summed E-state index contributed by atoms with van der Waals surface area (Å²) in [5.74, 6) is 0.495. The van der Waals surface area contributed by atoms with Gasteiger partial charge in [0.25, 0.3) is 0 Å². The van der Waals surface area contributed by atoms with Gasteiger partial charge in [0.2, 0.25) is 5.91 Å². The second-order valence-electron chi connectivity index (χ2n) is 8.87. The lowest BCUT2D eigenvalue weighted by Gasteiger charge is -2.31. The zero-order valence-electron chi connectivity index (χ0n) is 19.7. The van der Waals surface area contributed by atoms with Gasteiger partial charge in [0.1, 0.15) is 17.7 Å². The van der Waals surface area contributed by atoms with E-state index in [-0.39, 0.29) is 17.8 Å². The predicted octanol–water partition coefficient (Wildman–Crippen LogP) is 4.27. The first kappa shape index (κ1) is 23.7. The highest BCUT2D eigenvalue weighted by atomic mass is 19.1. The van der Waals surface area contributed by atoms with Crippen LogP contribution in [0.3, 0.4) is 0 Å². The minimum Gasteiger partial charge on any atom is -0.490 e. The van der Waals surface area contributed by atoms with Gasteiger partial charge in [0.05, 0.1) is 6.20 Å². The first-order chi connectivity index (χ1) is 16.4. The second-order valence-corrected chi connectivity index (χ2v) is 8.87. The molecule has 1 fully saturated rings. The Balaban J connectivity index is 1.21. The van der Waals surface area contributed by atoms with E-state index in [1.165, 1.54) is 29.3 Å². The number of aromatic nitrogens is 2. The van der Waals surface area contributed by atoms with Crippen molar-refractivity contribution in [3.63, 3.8) is 0 Å². The number of benzene rings is 2. The fourth-order valence-corrected chi connectivity index (χ4v) is 4.18. The molecule has 1 saturated heterocycles. The average Bonchev–Trinajstić information content (AvgIpc) is 3.23. The first-order valence-electron chi connectivity index (χ1n) is 11.6. The quantitative estimate of drug-likeness (QED) is 0.469. The van der Waals surface area contributed by atoms with E-state index in [2.05, 4.69) is 29.2 Å². The number of hydrogen-bond acceptors (Lipinski definition) is 4. The predicted molar refractivity (Wildman–Crippen MR) is 130 cm³/mol. The van der Waals surface area contributed by atoms with Crippen molar-refractivity contribution in [1.29, 1.82) is 0 Å². The van der Waals surface area contributed by atoms with Crippen LogP contribution in [-0.4, -0.2) is 51.7 Å². The number of likely N-dealkylation sites (tertiary alicyclic amines) is 1. The largest absolute Gasteiger partial charge is 0.490 e. The number of carbonyl (C=O) groups excluding carboxylic acids is 1. The Morgan fingerprint density at radius 3 is 2.56 bits per heavy atom. The van der Waals surface area contributed by atoms with Crippen LogP contribution in [0.15, 0.2) is 67.0 Å². The van der Waals surface area contributed by atoms with Crippen LogP contribution in [0.5, 0.6) is 5.75 Å². The van der Waals surface area contributed by atoms with Crippen LogP contribution in [0.4, 0.5) is 4.39 Å². The van der Waals surface area contributed by atoms with Crippen molar-refractivity contribution in [2.75, 3.05) is 20.1 Å². The average molecular weight is 463 g/mol. The van der Waals surface area contributed by atoms with Crippen LogP contribution in [0.1, 0.15) is 29.5 Å². The van der Waals surface area contributed by atoms with Crippen molar-refractivity contribution < 1.29 is 13.9 Å². The van der Waals surface area contributed by atoms with E-state index in [4.69, 9.17) is 4.74 Å². The molecule has 1 amide bonds. The normalized spacial score (nSPS) is 14.8. The Bertz CT molecular complexity index is 1120. The summed E-state index contributed by atoms with van der Waals surface area (Å²) >= 11 is 0. The van der Waals surface area contributed by atoms with Crippen molar-refractivity contribution in [3.05, 3.63) is 89.5 Å². The third kappa shape index (κ3) is 6.78. The van der Waals surface area contributed by atoms with Gasteiger partial charge < -0.3 is 9.64 Å². The molecular weight excluding hydrogens is 431 g/mol. The van der Waals surface area contributed by atoms with E-state index >= 15 is 0 Å². The molecule has 6 nitrogen and oxygen atoms in total. The highest BCUT2D eigenvalue weighted by Gasteiger charge is 2.22. The molecule has 0 radical (unpaired) electrons. The van der Waals surface area contributed by atoms with Crippen molar-refractivity contribution in [2.45, 2.75) is 32.0 Å². The molecule has 34 heavy (non-hydrogen) atoms. The Labute approximate surface area is 200 Å². The molecule has 0 N–H and O–H groups in total. The Hall–Kier alpha value is -3.45. The number of carbonyl (C=O) groups is 1. The monoisotopic (exact) mass is 462 g/mol. The Kier molecular flexibility index (Phi) is 7.75. The van der Waals surface area contributed by atoms with Gasteiger partial charge in [-0.2, -0.15) is 5.10 Å². The number of hydrogen-bond donors (Lipinski definition) is 0. The molecular formula is C27H31FN4O2. The number of piperidine rings is 1. The van der Waals surface area contributed by atoms with Crippen molar-refractivity contribution in [1.82, 2.24) is 19.6 Å². The summed E-state index contributed by atoms with van der Waals surface area (Å²) in [5.41, 5.74) is 3.10. The molecule has 0 bridgehead atoms. The zero-order valence-corrected chi connectivity index (χ0v) is 19.7. The topological polar surface area (TPSA) is 50.6 Å². The van der Waals surface area contributed by atoms with E-state index in [0.717, 1.165) is 31.7 Å². The van der Waals surface area contributed by atoms with E-state index in [1.807, 2.05) is 41.2 Å². The van der Waals surface area contributed by atoms with Gasteiger partial charge in [-0.25, -0.2) is 4.39 Å². The van der Waals surface area contributed by atoms with Gasteiger partial charge in [0.15, 0.2) is 0 Å². The number of ether oxygens (including phenoxy) is 1. The summed E-state index contributed by atoms with van der Waals surface area (Å²) in [5, 5.41) is 4.22. The fraction of sp³-hybridized carbons (Fsp3) is 0.333. The van der Waals surface area contributed by atoms with Gasteiger partial charge in [0, 0.05) is 63.9 Å². The van der Waals surface area contributed by atoms with Crippen molar-refractivity contribution >= 4 is 12.0 Å². The molecule has 4 rings (SSSR count). The van der Waals surface area contributed by atoms with Gasteiger partial charge in [-0.3, -0.25) is 14.4 Å². The highest BCUT2D eigenvalue weighted by molar-refractivity contribution is 5.91. The summed E-state index contributed by atoms with van der Waals surface area (Å²) in [6, 6.07) is 14.5. The van der Waals surface area contributed by atoms with Crippen molar-refractivity contribution in [3.8, 4) is 5.75 Å². The van der Waals surface area contributed by atoms with Crippen LogP contribution in [0.25, 0.3) is 6.08 Å². The summed E-state index contributed by atoms with van der Waals surface area (Å²) < 4.78 is 21.3. The molecule has 2 heterocycles. The summed E-state index contributed by atoms with van der Waals surface area (Å²) in [4.78, 5) is 16.5. The molecule has 7 heteroatoms. The molecule has 178 valence electrons. The number of amides is 1. The van der Waals surface area contributed by atoms with Crippen LogP contribution in [0, 0.1) is 5.82 Å². The lowest BCUT2D eigenvalue weighted by molar-refractivity contribution is -0.127. The lowest BCUT2D eigenvalue weighted by atomic mass is 10.1. The van der Waals surface area contributed by atoms with E-state index in [9.17, 15) is 9.18 Å². The SMILES string of the molecule is CN(Cc1ccc(OC2CCN(C(=O)/C=C/c3cccc(F)c3)CC2)cc1)Cc1cnn(C)c1. The van der Waals surface area contributed by atoms with Gasteiger partial charge in [-0.15, -0.1) is 0 Å². The molecule has 1 aliphatic heterocycles. The summed E-state index contributed by atoms with van der Waals surface area (Å²) in [7, 11) is 4.02. The smallest absolute Gasteiger partial charge is 0.246 e. The Morgan fingerprint density at radius 2 is 1.88 bits per heavy atom. The summed E-state index contributed by atoms with van der Waals surface area (Å²) in [6.45, 7) is 2.99. The minimum atomic E-state index is -0.308. The molecule has 1 aromatic heterocycles. The number of aryl methyl sites for hydroxylation is 1. The molecule has 0 saturated carbocycles. The Morgan fingerprint density at radius 1 is 1.15 bits per heavy atom. The molecule has 2 aromatic carbocycles. The van der Waals surface area contributed by atoms with Crippen molar-refractivity contribution in [2.24, 2.45) is 7.05 Å². The third-order valence-electron chi connectivity index (χ3n) is 5.91. The standard InChI is InChI=1S/C27H31FN4O2/c1-30(19-23-17-29-31(2)20-23)18-22-6-9-25(10-7-22)34-26-12-14-32(15-13-26)27(33)11-8-21-4-3-5-24(28)16-21/h3-11,16-17,20,26H,12-15,18-19H2,1-2H3/b11-8+. The maximum atomic E-state index is 13.3. The summed E-state index contributed by atoms with van der Waals surface area (Å²) in [6.07, 6.45) is 8.77. The van der Waals surface area contributed by atoms with E-state index < -0.39 is 0 Å². The van der Waals surface area contributed by atoms with Crippen LogP contribution >= 0.6 is 0 Å². The van der Waals surface area contributed by atoms with Crippen LogP contribution in [-0.2, 0) is 24.9 Å². The maximum absolute atomic E-state index is 13.3. The maximum Gasteiger partial charge on any atom is 0.246 e. The van der Waals surface area contributed by atoms with E-state index in [1.54, 1.807) is 18.2 Å².